The van der Waals surface area contributed by atoms with E-state index in [0.717, 1.165) is 30.8 Å². The van der Waals surface area contributed by atoms with E-state index in [4.69, 9.17) is 9.84 Å². The Balaban J connectivity index is 2.16. The van der Waals surface area contributed by atoms with Crippen molar-refractivity contribution in [3.05, 3.63) is 29.3 Å². The Kier molecular flexibility index (Phi) is 3.46. The molecule has 3 heteroatoms. The van der Waals surface area contributed by atoms with Crippen LogP contribution in [0.25, 0.3) is 0 Å². The normalized spacial score (nSPS) is 20.1. The van der Waals surface area contributed by atoms with E-state index < -0.39 is 0 Å². The van der Waals surface area contributed by atoms with Crippen LogP contribution in [-0.4, -0.2) is 31.4 Å². The quantitative estimate of drug-likeness (QED) is 0.843. The van der Waals surface area contributed by atoms with Crippen molar-refractivity contribution in [2.45, 2.75) is 26.0 Å². The standard InChI is InChI=1S/C13H19NO2/c1-10-7-12(4-3-11(10)8-15)14(2)13-5-6-16-9-13/h3-4,7,13,15H,5-6,8-9H2,1-2H3. The predicted octanol–water partition coefficient (Wildman–Crippen LogP) is 1.71. The van der Waals surface area contributed by atoms with Crippen LogP contribution < -0.4 is 4.90 Å². The van der Waals surface area contributed by atoms with E-state index >= 15 is 0 Å². The van der Waals surface area contributed by atoms with Gasteiger partial charge in [-0.15, -0.1) is 0 Å². The van der Waals surface area contributed by atoms with Crippen molar-refractivity contribution < 1.29 is 9.84 Å². The highest BCUT2D eigenvalue weighted by Crippen LogP contribution is 2.22. The molecule has 0 spiro atoms. The first-order chi connectivity index (χ1) is 7.72. The number of anilines is 1. The third-order valence-corrected chi connectivity index (χ3v) is 3.36. The van der Waals surface area contributed by atoms with Gasteiger partial charge in [-0.1, -0.05) is 6.07 Å². The van der Waals surface area contributed by atoms with Gasteiger partial charge in [0, 0.05) is 19.3 Å². The summed E-state index contributed by atoms with van der Waals surface area (Å²) in [5.41, 5.74) is 3.34. The summed E-state index contributed by atoms with van der Waals surface area (Å²) in [7, 11) is 2.10. The van der Waals surface area contributed by atoms with Crippen molar-refractivity contribution in [3.8, 4) is 0 Å². The fourth-order valence-corrected chi connectivity index (χ4v) is 2.12. The zero-order valence-corrected chi connectivity index (χ0v) is 9.94. The second-order valence-electron chi connectivity index (χ2n) is 4.40. The Morgan fingerprint density at radius 1 is 1.50 bits per heavy atom. The number of aliphatic hydroxyl groups is 1. The molecule has 0 aliphatic carbocycles. The van der Waals surface area contributed by atoms with Gasteiger partial charge in [0.2, 0.25) is 0 Å². The van der Waals surface area contributed by atoms with Crippen LogP contribution in [-0.2, 0) is 11.3 Å². The van der Waals surface area contributed by atoms with Crippen LogP contribution in [0.2, 0.25) is 0 Å². The number of likely N-dealkylation sites (N-methyl/N-ethyl adjacent to an activating group) is 1. The van der Waals surface area contributed by atoms with Crippen LogP contribution >= 0.6 is 0 Å². The predicted molar refractivity (Wildman–Crippen MR) is 64.7 cm³/mol. The lowest BCUT2D eigenvalue weighted by Crippen LogP contribution is -2.31. The molecular weight excluding hydrogens is 202 g/mol. The molecule has 1 heterocycles. The third-order valence-electron chi connectivity index (χ3n) is 3.36. The fraction of sp³-hybridized carbons (Fsp3) is 0.538. The van der Waals surface area contributed by atoms with Crippen LogP contribution in [0.15, 0.2) is 18.2 Å². The van der Waals surface area contributed by atoms with Crippen molar-refractivity contribution in [2.24, 2.45) is 0 Å². The van der Waals surface area contributed by atoms with Crippen molar-refractivity contribution in [1.82, 2.24) is 0 Å². The molecule has 0 radical (unpaired) electrons. The molecule has 0 amide bonds. The van der Waals surface area contributed by atoms with Crippen LogP contribution in [0.4, 0.5) is 5.69 Å². The highest BCUT2D eigenvalue weighted by Gasteiger charge is 2.20. The summed E-state index contributed by atoms with van der Waals surface area (Å²) in [4.78, 5) is 2.27. The molecule has 0 aromatic heterocycles. The molecule has 1 N–H and O–H groups in total. The van der Waals surface area contributed by atoms with E-state index in [1.165, 1.54) is 5.69 Å². The molecule has 16 heavy (non-hydrogen) atoms. The summed E-state index contributed by atoms with van der Waals surface area (Å²) in [5.74, 6) is 0. The zero-order chi connectivity index (χ0) is 11.5. The number of ether oxygens (including phenoxy) is 1. The van der Waals surface area contributed by atoms with Gasteiger partial charge < -0.3 is 14.7 Å². The average Bonchev–Trinajstić information content (AvgIpc) is 2.81. The number of hydrogen-bond donors (Lipinski definition) is 1. The van der Waals surface area contributed by atoms with Crippen molar-refractivity contribution in [3.63, 3.8) is 0 Å². The molecule has 0 saturated carbocycles. The van der Waals surface area contributed by atoms with Gasteiger partial charge in [-0.3, -0.25) is 0 Å². The molecule has 3 nitrogen and oxygen atoms in total. The van der Waals surface area contributed by atoms with Gasteiger partial charge in [0.15, 0.2) is 0 Å². The minimum atomic E-state index is 0.113. The maximum absolute atomic E-state index is 9.13. The molecule has 0 bridgehead atoms. The molecule has 1 atom stereocenters. The van der Waals surface area contributed by atoms with Crippen LogP contribution in [0.5, 0.6) is 0 Å². The Morgan fingerprint density at radius 3 is 2.88 bits per heavy atom. The first-order valence-electron chi connectivity index (χ1n) is 5.73. The summed E-state index contributed by atoms with van der Waals surface area (Å²) in [5, 5.41) is 9.13. The summed E-state index contributed by atoms with van der Waals surface area (Å²) in [6.07, 6.45) is 1.09. The van der Waals surface area contributed by atoms with Crippen molar-refractivity contribution in [1.29, 1.82) is 0 Å². The molecule has 1 aliphatic rings. The second kappa shape index (κ2) is 4.85. The van der Waals surface area contributed by atoms with E-state index in [2.05, 4.69) is 24.1 Å². The largest absolute Gasteiger partial charge is 0.392 e. The molecule has 1 aliphatic heterocycles. The van der Waals surface area contributed by atoms with Gasteiger partial charge in [0.05, 0.1) is 19.3 Å². The van der Waals surface area contributed by atoms with Gasteiger partial charge in [0.1, 0.15) is 0 Å². The molecule has 1 unspecified atom stereocenters. The summed E-state index contributed by atoms with van der Waals surface area (Å²) in [6.45, 7) is 3.83. The molecule has 88 valence electrons. The Hall–Kier alpha value is -1.06. The molecule has 1 saturated heterocycles. The second-order valence-corrected chi connectivity index (χ2v) is 4.40. The maximum atomic E-state index is 9.13. The van der Waals surface area contributed by atoms with Gasteiger partial charge in [-0.25, -0.2) is 0 Å². The third kappa shape index (κ3) is 2.20. The fourth-order valence-electron chi connectivity index (χ4n) is 2.12. The van der Waals surface area contributed by atoms with Gasteiger partial charge >= 0.3 is 0 Å². The number of nitrogens with zero attached hydrogens (tertiary/aromatic N) is 1. The molecule has 2 rings (SSSR count). The smallest absolute Gasteiger partial charge is 0.0684 e. The number of hydrogen-bond acceptors (Lipinski definition) is 3. The first-order valence-corrected chi connectivity index (χ1v) is 5.73. The topological polar surface area (TPSA) is 32.7 Å². The molecule has 1 aromatic rings. The average molecular weight is 221 g/mol. The summed E-state index contributed by atoms with van der Waals surface area (Å²) < 4.78 is 5.39. The highest BCUT2D eigenvalue weighted by atomic mass is 16.5. The molecule has 1 aromatic carbocycles. The number of rotatable bonds is 3. The van der Waals surface area contributed by atoms with Gasteiger partial charge in [-0.2, -0.15) is 0 Å². The Labute approximate surface area is 96.6 Å². The Morgan fingerprint density at radius 2 is 2.31 bits per heavy atom. The lowest BCUT2D eigenvalue weighted by molar-refractivity contribution is 0.193. The van der Waals surface area contributed by atoms with E-state index in [1.807, 2.05) is 13.0 Å². The van der Waals surface area contributed by atoms with E-state index in [9.17, 15) is 0 Å². The number of aliphatic hydroxyl groups excluding tert-OH is 1. The zero-order valence-electron chi connectivity index (χ0n) is 9.94. The van der Waals surface area contributed by atoms with E-state index in [1.54, 1.807) is 0 Å². The maximum Gasteiger partial charge on any atom is 0.0684 e. The lowest BCUT2D eigenvalue weighted by Gasteiger charge is -2.26. The van der Waals surface area contributed by atoms with Crippen LogP contribution in [0.1, 0.15) is 17.5 Å². The minimum absolute atomic E-state index is 0.113. The van der Waals surface area contributed by atoms with Crippen molar-refractivity contribution in [2.75, 3.05) is 25.2 Å². The number of benzene rings is 1. The Bertz CT molecular complexity index is 359. The van der Waals surface area contributed by atoms with Gasteiger partial charge in [-0.05, 0) is 36.6 Å². The SMILES string of the molecule is Cc1cc(N(C)C2CCOC2)ccc1CO. The monoisotopic (exact) mass is 221 g/mol. The van der Waals surface area contributed by atoms with Crippen LogP contribution in [0.3, 0.4) is 0 Å². The highest BCUT2D eigenvalue weighted by molar-refractivity contribution is 5.51. The van der Waals surface area contributed by atoms with Crippen molar-refractivity contribution >= 4 is 5.69 Å². The summed E-state index contributed by atoms with van der Waals surface area (Å²) >= 11 is 0. The lowest BCUT2D eigenvalue weighted by atomic mass is 10.1. The molecule has 1 fully saturated rings. The van der Waals surface area contributed by atoms with E-state index in [-0.39, 0.29) is 6.61 Å². The van der Waals surface area contributed by atoms with E-state index in [0.29, 0.717) is 6.04 Å². The minimum Gasteiger partial charge on any atom is -0.392 e. The van der Waals surface area contributed by atoms with Gasteiger partial charge in [0.25, 0.3) is 0 Å². The number of aryl methyl sites for hydroxylation is 1. The molecular formula is C13H19NO2. The van der Waals surface area contributed by atoms with Crippen LogP contribution in [0, 0.1) is 6.92 Å². The summed E-state index contributed by atoms with van der Waals surface area (Å²) in [6, 6.07) is 6.68. The first kappa shape index (κ1) is 11.4.